The van der Waals surface area contributed by atoms with Gasteiger partial charge >= 0.3 is 0 Å². The Hall–Kier alpha value is -1.48. The van der Waals surface area contributed by atoms with Crippen molar-refractivity contribution in [2.75, 3.05) is 11.6 Å². The normalized spacial score (nSPS) is 17.3. The van der Waals surface area contributed by atoms with Crippen LogP contribution in [0.3, 0.4) is 0 Å². The zero-order valence-corrected chi connectivity index (χ0v) is 10.9. The lowest BCUT2D eigenvalue weighted by Crippen LogP contribution is -2.05. The van der Waals surface area contributed by atoms with Gasteiger partial charge in [-0.3, -0.25) is 0 Å². The fourth-order valence-corrected chi connectivity index (χ4v) is 2.78. The second-order valence-electron chi connectivity index (χ2n) is 4.48. The Morgan fingerprint density at radius 2 is 1.94 bits per heavy atom. The molecule has 0 saturated heterocycles. The summed E-state index contributed by atoms with van der Waals surface area (Å²) in [5, 5.41) is 3.44. The van der Waals surface area contributed by atoms with E-state index in [4.69, 9.17) is 0 Å². The molecule has 1 aliphatic rings. The highest BCUT2D eigenvalue weighted by molar-refractivity contribution is 7.98. The van der Waals surface area contributed by atoms with Crippen molar-refractivity contribution >= 4 is 17.4 Å². The van der Waals surface area contributed by atoms with Crippen LogP contribution in [0, 0.1) is 5.82 Å². The van der Waals surface area contributed by atoms with E-state index in [1.54, 1.807) is 17.8 Å². The molecule has 3 heteroatoms. The average molecular weight is 259 g/mol. The summed E-state index contributed by atoms with van der Waals surface area (Å²) in [6.45, 7) is 0. The van der Waals surface area contributed by atoms with Crippen LogP contribution in [0.4, 0.5) is 10.1 Å². The summed E-state index contributed by atoms with van der Waals surface area (Å²) in [6, 6.07) is 13.8. The van der Waals surface area contributed by atoms with Gasteiger partial charge in [-0.15, -0.1) is 11.8 Å². The zero-order valence-electron chi connectivity index (χ0n) is 10.1. The first-order valence-corrected chi connectivity index (χ1v) is 7.17. The molecule has 1 nitrogen and oxygen atoms in total. The van der Waals surface area contributed by atoms with Crippen LogP contribution in [-0.2, 0) is 6.42 Å². The van der Waals surface area contributed by atoms with Crippen LogP contribution in [0.25, 0.3) is 0 Å². The van der Waals surface area contributed by atoms with Gasteiger partial charge in [0.25, 0.3) is 0 Å². The number of hydrogen-bond donors (Lipinski definition) is 1. The van der Waals surface area contributed by atoms with E-state index in [9.17, 15) is 4.39 Å². The minimum atomic E-state index is -0.158. The van der Waals surface area contributed by atoms with Gasteiger partial charge in [0, 0.05) is 10.6 Å². The molecule has 2 aromatic carbocycles. The maximum Gasteiger partial charge on any atom is 0.123 e. The molecular weight excluding hydrogens is 245 g/mol. The number of thioether (sulfide) groups is 1. The highest BCUT2D eigenvalue weighted by Crippen LogP contribution is 2.34. The molecule has 0 radical (unpaired) electrons. The summed E-state index contributed by atoms with van der Waals surface area (Å²) in [7, 11) is 0. The summed E-state index contributed by atoms with van der Waals surface area (Å²) >= 11 is 1.74. The third kappa shape index (κ3) is 2.10. The second kappa shape index (κ2) is 4.65. The van der Waals surface area contributed by atoms with E-state index in [0.717, 1.165) is 17.7 Å². The minimum absolute atomic E-state index is 0.158. The highest BCUT2D eigenvalue weighted by atomic mass is 32.2. The first-order chi connectivity index (χ1) is 8.76. The van der Waals surface area contributed by atoms with Crippen LogP contribution in [-0.4, -0.2) is 6.26 Å². The first-order valence-electron chi connectivity index (χ1n) is 5.95. The van der Waals surface area contributed by atoms with Gasteiger partial charge in [-0.25, -0.2) is 4.39 Å². The lowest BCUT2D eigenvalue weighted by molar-refractivity contribution is 0.626. The molecule has 0 aromatic heterocycles. The summed E-state index contributed by atoms with van der Waals surface area (Å²) in [5.41, 5.74) is 3.37. The quantitative estimate of drug-likeness (QED) is 0.809. The Labute approximate surface area is 110 Å². The van der Waals surface area contributed by atoms with Gasteiger partial charge in [-0.05, 0) is 54.1 Å². The Morgan fingerprint density at radius 1 is 1.17 bits per heavy atom. The van der Waals surface area contributed by atoms with Crippen LogP contribution in [0.2, 0.25) is 0 Å². The Bertz CT molecular complexity index is 565. The number of rotatable bonds is 2. The minimum Gasteiger partial charge on any atom is -0.378 e. The summed E-state index contributed by atoms with van der Waals surface area (Å²) in [6.07, 6.45) is 2.92. The van der Waals surface area contributed by atoms with Crippen LogP contribution in [0.1, 0.15) is 17.2 Å². The maximum absolute atomic E-state index is 13.2. The molecule has 0 spiro atoms. The van der Waals surface area contributed by atoms with Crippen molar-refractivity contribution in [1.82, 2.24) is 0 Å². The molecule has 1 atom stereocenters. The lowest BCUT2D eigenvalue weighted by Gasteiger charge is -2.12. The number of anilines is 1. The molecule has 3 rings (SSSR count). The zero-order chi connectivity index (χ0) is 12.5. The van der Waals surface area contributed by atoms with E-state index in [1.807, 2.05) is 6.07 Å². The largest absolute Gasteiger partial charge is 0.378 e. The molecule has 0 fully saturated rings. The van der Waals surface area contributed by atoms with Crippen molar-refractivity contribution in [2.24, 2.45) is 0 Å². The standard InChI is InChI=1S/C15H14FNS/c1-18-13-5-2-10(3-6-13)15-9-11-8-12(16)4-7-14(11)17-15/h2-8,15,17H,9H2,1H3. The molecule has 0 saturated carbocycles. The number of halogens is 1. The van der Waals surface area contributed by atoms with Crippen molar-refractivity contribution in [2.45, 2.75) is 17.4 Å². The number of hydrogen-bond acceptors (Lipinski definition) is 2. The first kappa shape index (κ1) is 11.6. The van der Waals surface area contributed by atoms with Crippen molar-refractivity contribution in [3.8, 4) is 0 Å². The van der Waals surface area contributed by atoms with Gasteiger partial charge in [-0.1, -0.05) is 12.1 Å². The topological polar surface area (TPSA) is 12.0 Å². The molecule has 1 aliphatic heterocycles. The number of fused-ring (bicyclic) bond motifs is 1. The monoisotopic (exact) mass is 259 g/mol. The molecular formula is C15H14FNS. The van der Waals surface area contributed by atoms with Crippen LogP contribution < -0.4 is 5.32 Å². The molecule has 1 unspecified atom stereocenters. The van der Waals surface area contributed by atoms with Gasteiger partial charge in [0.2, 0.25) is 0 Å². The van der Waals surface area contributed by atoms with Gasteiger partial charge in [0.1, 0.15) is 5.82 Å². The molecule has 1 heterocycles. The Kier molecular flexibility index (Phi) is 3.00. The Balaban J connectivity index is 1.84. The fraction of sp³-hybridized carbons (Fsp3) is 0.200. The van der Waals surface area contributed by atoms with Crippen molar-refractivity contribution < 1.29 is 4.39 Å². The summed E-state index contributed by atoms with van der Waals surface area (Å²) in [5.74, 6) is -0.158. The highest BCUT2D eigenvalue weighted by Gasteiger charge is 2.22. The molecule has 2 aromatic rings. The van der Waals surface area contributed by atoms with Gasteiger partial charge in [0.05, 0.1) is 6.04 Å². The average Bonchev–Trinajstić information content (AvgIpc) is 2.81. The molecule has 0 bridgehead atoms. The second-order valence-corrected chi connectivity index (χ2v) is 5.36. The van der Waals surface area contributed by atoms with Gasteiger partial charge < -0.3 is 5.32 Å². The number of benzene rings is 2. The molecule has 0 amide bonds. The van der Waals surface area contributed by atoms with Crippen molar-refractivity contribution in [3.05, 3.63) is 59.4 Å². The van der Waals surface area contributed by atoms with Crippen LogP contribution >= 0.6 is 11.8 Å². The molecule has 1 N–H and O–H groups in total. The van der Waals surface area contributed by atoms with Crippen LogP contribution in [0.15, 0.2) is 47.4 Å². The van der Waals surface area contributed by atoms with E-state index >= 15 is 0 Å². The molecule has 0 aliphatic carbocycles. The molecule has 92 valence electrons. The lowest BCUT2D eigenvalue weighted by atomic mass is 10.0. The Morgan fingerprint density at radius 3 is 2.67 bits per heavy atom. The predicted octanol–water partition coefficient (Wildman–Crippen LogP) is 4.26. The SMILES string of the molecule is CSc1ccc(C2Cc3cc(F)ccc3N2)cc1. The van der Waals surface area contributed by atoms with Gasteiger partial charge in [0.15, 0.2) is 0 Å². The summed E-state index contributed by atoms with van der Waals surface area (Å²) < 4.78 is 13.2. The van der Waals surface area contributed by atoms with E-state index < -0.39 is 0 Å². The van der Waals surface area contributed by atoms with Crippen molar-refractivity contribution in [3.63, 3.8) is 0 Å². The van der Waals surface area contributed by atoms with Crippen molar-refractivity contribution in [1.29, 1.82) is 0 Å². The predicted molar refractivity (Wildman–Crippen MR) is 74.7 cm³/mol. The van der Waals surface area contributed by atoms with E-state index in [1.165, 1.54) is 16.5 Å². The van der Waals surface area contributed by atoms with E-state index in [2.05, 4.69) is 35.8 Å². The fourth-order valence-electron chi connectivity index (χ4n) is 2.37. The maximum atomic E-state index is 13.2. The molecule has 18 heavy (non-hydrogen) atoms. The van der Waals surface area contributed by atoms with E-state index in [0.29, 0.717) is 0 Å². The number of nitrogens with one attached hydrogen (secondary N) is 1. The van der Waals surface area contributed by atoms with Crippen LogP contribution in [0.5, 0.6) is 0 Å². The third-order valence-electron chi connectivity index (χ3n) is 3.34. The smallest absolute Gasteiger partial charge is 0.123 e. The van der Waals surface area contributed by atoms with E-state index in [-0.39, 0.29) is 11.9 Å². The third-order valence-corrected chi connectivity index (χ3v) is 4.08. The van der Waals surface area contributed by atoms with Gasteiger partial charge in [-0.2, -0.15) is 0 Å². The summed E-state index contributed by atoms with van der Waals surface area (Å²) in [4.78, 5) is 1.26.